The summed E-state index contributed by atoms with van der Waals surface area (Å²) >= 11 is 0.998. The molecule has 4 nitrogen and oxygen atoms in total. The van der Waals surface area contributed by atoms with Gasteiger partial charge in [0.15, 0.2) is 16.8 Å². The van der Waals surface area contributed by atoms with Crippen molar-refractivity contribution in [3.8, 4) is 0 Å². The van der Waals surface area contributed by atoms with E-state index in [4.69, 9.17) is 5.11 Å². The molecule has 1 heterocycles. The number of thiazole rings is 1. The van der Waals surface area contributed by atoms with E-state index in [2.05, 4.69) is 10.3 Å². The summed E-state index contributed by atoms with van der Waals surface area (Å²) in [4.78, 5) is 15.1. The number of halogens is 3. The number of hydrogen-bond donors (Lipinski definition) is 2. The van der Waals surface area contributed by atoms with E-state index in [9.17, 15) is 18.0 Å². The van der Waals surface area contributed by atoms with Crippen molar-refractivity contribution < 1.29 is 23.1 Å². The standard InChI is InChI=1S/C13H11F3N2O2S/c1-13(2,11(19)20)9-5-21-12(17-9)18-10-7(15)3-6(14)4-8(10)16/h3-5H,1-2H3,(H,17,18)(H,19,20). The zero-order valence-corrected chi connectivity index (χ0v) is 11.9. The summed E-state index contributed by atoms with van der Waals surface area (Å²) in [5, 5.41) is 13.1. The third kappa shape index (κ3) is 2.99. The Morgan fingerprint density at radius 1 is 1.29 bits per heavy atom. The van der Waals surface area contributed by atoms with Crippen molar-refractivity contribution in [1.29, 1.82) is 0 Å². The van der Waals surface area contributed by atoms with Crippen LogP contribution in [0.4, 0.5) is 24.0 Å². The molecular formula is C13H11F3N2O2S. The molecule has 0 bridgehead atoms. The Morgan fingerprint density at radius 2 is 1.86 bits per heavy atom. The fraction of sp³-hybridized carbons (Fsp3) is 0.231. The van der Waals surface area contributed by atoms with Gasteiger partial charge in [0.1, 0.15) is 16.9 Å². The summed E-state index contributed by atoms with van der Waals surface area (Å²) < 4.78 is 39.8. The minimum absolute atomic E-state index is 0.115. The van der Waals surface area contributed by atoms with Gasteiger partial charge in [-0.05, 0) is 13.8 Å². The maximum atomic E-state index is 13.5. The van der Waals surface area contributed by atoms with Crippen molar-refractivity contribution in [3.63, 3.8) is 0 Å². The highest BCUT2D eigenvalue weighted by Crippen LogP contribution is 2.30. The topological polar surface area (TPSA) is 62.2 Å². The minimum Gasteiger partial charge on any atom is -0.481 e. The lowest BCUT2D eigenvalue weighted by atomic mass is 9.90. The summed E-state index contributed by atoms with van der Waals surface area (Å²) in [6.45, 7) is 2.93. The Hall–Kier alpha value is -2.09. The molecule has 0 atom stereocenters. The SMILES string of the molecule is CC(C)(C(=O)O)c1csc(Nc2c(F)cc(F)cc2F)n1. The molecule has 0 saturated carbocycles. The number of rotatable bonds is 4. The van der Waals surface area contributed by atoms with Gasteiger partial charge < -0.3 is 10.4 Å². The molecule has 112 valence electrons. The van der Waals surface area contributed by atoms with Crippen LogP contribution in [0.5, 0.6) is 0 Å². The van der Waals surface area contributed by atoms with Crippen LogP contribution in [0.1, 0.15) is 19.5 Å². The number of aliphatic carboxylic acids is 1. The number of carboxylic acids is 1. The number of carboxylic acid groups (broad SMARTS) is 1. The molecular weight excluding hydrogens is 305 g/mol. The molecule has 1 aromatic heterocycles. The van der Waals surface area contributed by atoms with E-state index in [0.29, 0.717) is 12.1 Å². The first kappa shape index (κ1) is 15.3. The summed E-state index contributed by atoms with van der Waals surface area (Å²) in [5.41, 5.74) is -1.51. The average Bonchev–Trinajstić information content (AvgIpc) is 2.82. The van der Waals surface area contributed by atoms with Gasteiger partial charge in [0.05, 0.1) is 5.69 Å². The number of aromatic nitrogens is 1. The van der Waals surface area contributed by atoms with Gasteiger partial charge in [0.25, 0.3) is 0 Å². The number of hydrogen-bond acceptors (Lipinski definition) is 4. The van der Waals surface area contributed by atoms with Gasteiger partial charge in [-0.2, -0.15) is 0 Å². The molecule has 0 radical (unpaired) electrons. The minimum atomic E-state index is -1.23. The van der Waals surface area contributed by atoms with Crippen LogP contribution in [-0.2, 0) is 10.2 Å². The first-order valence-corrected chi connectivity index (χ1v) is 6.70. The number of anilines is 2. The summed E-state index contributed by atoms with van der Waals surface area (Å²) in [6.07, 6.45) is 0. The van der Waals surface area contributed by atoms with Crippen molar-refractivity contribution in [2.45, 2.75) is 19.3 Å². The van der Waals surface area contributed by atoms with E-state index >= 15 is 0 Å². The van der Waals surface area contributed by atoms with Crippen molar-refractivity contribution >= 4 is 28.1 Å². The molecule has 1 aromatic carbocycles. The zero-order valence-electron chi connectivity index (χ0n) is 11.1. The smallest absolute Gasteiger partial charge is 0.315 e. The van der Waals surface area contributed by atoms with E-state index < -0.39 is 34.5 Å². The Bertz CT molecular complexity index is 677. The Labute approximate surface area is 122 Å². The second-order valence-corrected chi connectivity index (χ2v) is 5.70. The van der Waals surface area contributed by atoms with Gasteiger partial charge in [-0.25, -0.2) is 18.2 Å². The van der Waals surface area contributed by atoms with E-state index in [-0.39, 0.29) is 10.8 Å². The molecule has 2 aromatic rings. The fourth-order valence-corrected chi connectivity index (χ4v) is 2.38. The molecule has 8 heteroatoms. The average molecular weight is 316 g/mol. The lowest BCUT2D eigenvalue weighted by molar-refractivity contribution is -0.142. The third-order valence-corrected chi connectivity index (χ3v) is 3.68. The van der Waals surface area contributed by atoms with Gasteiger partial charge in [-0.1, -0.05) is 0 Å². The van der Waals surface area contributed by atoms with Crippen LogP contribution >= 0.6 is 11.3 Å². The largest absolute Gasteiger partial charge is 0.481 e. The van der Waals surface area contributed by atoms with E-state index in [1.165, 1.54) is 19.2 Å². The van der Waals surface area contributed by atoms with Gasteiger partial charge in [0, 0.05) is 17.5 Å². The lowest BCUT2D eigenvalue weighted by Gasteiger charge is -2.15. The highest BCUT2D eigenvalue weighted by Gasteiger charge is 2.32. The Morgan fingerprint density at radius 3 is 2.38 bits per heavy atom. The first-order chi connectivity index (χ1) is 9.71. The van der Waals surface area contributed by atoms with Crippen molar-refractivity contribution in [2.24, 2.45) is 0 Å². The molecule has 0 aliphatic carbocycles. The van der Waals surface area contributed by atoms with E-state index in [1.54, 1.807) is 0 Å². The Kier molecular flexibility index (Phi) is 3.91. The molecule has 0 fully saturated rings. The van der Waals surface area contributed by atoms with Gasteiger partial charge >= 0.3 is 5.97 Å². The van der Waals surface area contributed by atoms with Crippen molar-refractivity contribution in [3.05, 3.63) is 40.7 Å². The van der Waals surface area contributed by atoms with Crippen LogP contribution < -0.4 is 5.32 Å². The van der Waals surface area contributed by atoms with Crippen LogP contribution in [0.3, 0.4) is 0 Å². The van der Waals surface area contributed by atoms with Gasteiger partial charge in [0.2, 0.25) is 0 Å². The predicted octanol–water partition coefficient (Wildman–Crippen LogP) is 3.67. The van der Waals surface area contributed by atoms with Crippen LogP contribution in [0.25, 0.3) is 0 Å². The number of benzene rings is 1. The van der Waals surface area contributed by atoms with E-state index in [0.717, 1.165) is 11.3 Å². The van der Waals surface area contributed by atoms with Crippen LogP contribution in [0.2, 0.25) is 0 Å². The maximum Gasteiger partial charge on any atom is 0.315 e. The summed E-state index contributed by atoms with van der Waals surface area (Å²) in [7, 11) is 0. The molecule has 21 heavy (non-hydrogen) atoms. The van der Waals surface area contributed by atoms with Crippen molar-refractivity contribution in [2.75, 3.05) is 5.32 Å². The summed E-state index contributed by atoms with van der Waals surface area (Å²) in [5.74, 6) is -4.29. The normalized spacial score (nSPS) is 11.5. The second kappa shape index (κ2) is 5.36. The molecule has 0 amide bonds. The second-order valence-electron chi connectivity index (χ2n) is 4.84. The first-order valence-electron chi connectivity index (χ1n) is 5.83. The molecule has 0 spiro atoms. The van der Waals surface area contributed by atoms with Crippen molar-refractivity contribution in [1.82, 2.24) is 4.98 Å². The quantitative estimate of drug-likeness (QED) is 0.903. The van der Waals surface area contributed by atoms with Gasteiger partial charge in [-0.15, -0.1) is 11.3 Å². The maximum absolute atomic E-state index is 13.5. The highest BCUT2D eigenvalue weighted by atomic mass is 32.1. The summed E-state index contributed by atoms with van der Waals surface area (Å²) in [6, 6.07) is 1.09. The number of nitrogens with zero attached hydrogens (tertiary/aromatic N) is 1. The monoisotopic (exact) mass is 316 g/mol. The number of carbonyl (C=O) groups is 1. The van der Waals surface area contributed by atoms with Gasteiger partial charge in [-0.3, -0.25) is 4.79 Å². The predicted molar refractivity (Wildman–Crippen MR) is 72.4 cm³/mol. The molecule has 0 aliphatic heterocycles. The van der Waals surface area contributed by atoms with Crippen LogP contribution in [0, 0.1) is 17.5 Å². The van der Waals surface area contributed by atoms with Crippen LogP contribution in [0.15, 0.2) is 17.5 Å². The number of nitrogens with one attached hydrogen (secondary N) is 1. The fourth-order valence-electron chi connectivity index (χ4n) is 1.50. The molecule has 0 saturated heterocycles. The lowest BCUT2D eigenvalue weighted by Crippen LogP contribution is -2.28. The van der Waals surface area contributed by atoms with Crippen LogP contribution in [-0.4, -0.2) is 16.1 Å². The molecule has 0 unspecified atom stereocenters. The molecule has 2 N–H and O–H groups in total. The third-order valence-electron chi connectivity index (χ3n) is 2.92. The highest BCUT2D eigenvalue weighted by molar-refractivity contribution is 7.13. The Balaban J connectivity index is 2.31. The molecule has 2 rings (SSSR count). The zero-order chi connectivity index (χ0) is 15.8. The van der Waals surface area contributed by atoms with E-state index in [1.807, 2.05) is 0 Å². The molecule has 0 aliphatic rings.